The Balaban J connectivity index is 1.32. The number of benzene rings is 2. The van der Waals surface area contributed by atoms with Crippen molar-refractivity contribution in [2.75, 3.05) is 44.2 Å². The summed E-state index contributed by atoms with van der Waals surface area (Å²) in [5, 5.41) is 15.2. The monoisotopic (exact) mass is 638 g/mol. The van der Waals surface area contributed by atoms with Crippen LogP contribution in [-0.2, 0) is 9.53 Å². The number of carbonyl (C=O) groups is 3. The number of piperazine rings is 1. The van der Waals surface area contributed by atoms with Gasteiger partial charge in [-0.3, -0.25) is 14.8 Å². The van der Waals surface area contributed by atoms with Crippen LogP contribution in [0.15, 0.2) is 70.3 Å². The average Bonchev–Trinajstić information content (AvgIpc) is 3.67. The number of esters is 1. The summed E-state index contributed by atoms with van der Waals surface area (Å²) < 4.78 is 20.1. The molecule has 3 aliphatic heterocycles. The number of aromatic nitrogens is 1. The van der Waals surface area contributed by atoms with Crippen LogP contribution in [0.2, 0.25) is 5.02 Å². The maximum absolute atomic E-state index is 14.6. The highest BCUT2D eigenvalue weighted by molar-refractivity contribution is 7.11. The van der Waals surface area contributed by atoms with Gasteiger partial charge in [-0.2, -0.15) is 0 Å². The van der Waals surface area contributed by atoms with Gasteiger partial charge in [0.2, 0.25) is 0 Å². The van der Waals surface area contributed by atoms with Crippen LogP contribution >= 0.6 is 22.9 Å². The number of hydrogen-bond acceptors (Lipinski definition) is 9. The van der Waals surface area contributed by atoms with Gasteiger partial charge in [0.15, 0.2) is 10.8 Å². The topological polar surface area (TPSA) is 128 Å². The van der Waals surface area contributed by atoms with E-state index in [2.05, 4.69) is 15.2 Å². The number of carbonyl (C=O) groups excluding carboxylic acids is 2. The van der Waals surface area contributed by atoms with E-state index >= 15 is 0 Å². The normalized spacial score (nSPS) is 20.3. The number of carboxylic acid groups (broad SMARTS) is 1. The lowest BCUT2D eigenvalue weighted by Crippen LogP contribution is -2.53. The smallest absolute Gasteiger partial charge is 0.338 e. The van der Waals surface area contributed by atoms with Gasteiger partial charge in [-0.05, 0) is 25.1 Å². The molecule has 4 heterocycles. The molecule has 2 atom stereocenters. The number of urea groups is 1. The molecular weight excluding hydrogens is 611 g/mol. The minimum absolute atomic E-state index is 0.0595. The SMILES string of the molecule is CCOC(=O)C1=C(CN2CCN3C(=O)N(c4ccccc4C(=O)O)CC3C2)NC(c2nccs2)=N[C@H]1c1cccc(F)c1Cl. The molecule has 0 spiro atoms. The Morgan fingerprint density at radius 2 is 2.00 bits per heavy atom. The van der Waals surface area contributed by atoms with Gasteiger partial charge >= 0.3 is 18.0 Å². The lowest BCUT2D eigenvalue weighted by atomic mass is 9.95. The molecule has 2 saturated heterocycles. The number of aromatic carboxylic acids is 1. The van der Waals surface area contributed by atoms with Crippen molar-refractivity contribution in [2.24, 2.45) is 4.99 Å². The number of thiazole rings is 1. The zero-order chi connectivity index (χ0) is 31.0. The molecular formula is C30H28ClFN6O5S. The van der Waals surface area contributed by atoms with E-state index in [-0.39, 0.29) is 41.4 Å². The van der Waals surface area contributed by atoms with Gasteiger partial charge < -0.3 is 20.1 Å². The van der Waals surface area contributed by atoms with E-state index < -0.39 is 23.8 Å². The first-order chi connectivity index (χ1) is 21.3. The van der Waals surface area contributed by atoms with E-state index in [0.29, 0.717) is 54.0 Å². The lowest BCUT2D eigenvalue weighted by molar-refractivity contribution is -0.139. The summed E-state index contributed by atoms with van der Waals surface area (Å²) in [4.78, 5) is 53.2. The molecule has 11 nitrogen and oxygen atoms in total. The molecule has 0 aliphatic carbocycles. The standard InChI is InChI=1S/C30H28ClFN6O5S/c1-2-43-29(41)23-21(34-26(27-33-10-13-44-27)35-25(23)19-7-5-8-20(32)24(19)31)16-36-11-12-37-17(14-36)15-38(30(37)42)22-9-4-3-6-18(22)28(39)40/h3-10,13,17,25H,2,11-12,14-16H2,1H3,(H,34,35)(H,39,40)/t17?,25-/m0/s1. The number of fused-ring (bicyclic) bond motifs is 1. The van der Waals surface area contributed by atoms with Crippen molar-refractivity contribution in [1.29, 1.82) is 0 Å². The number of carboxylic acids is 1. The van der Waals surface area contributed by atoms with Gasteiger partial charge in [0.1, 0.15) is 11.9 Å². The van der Waals surface area contributed by atoms with Crippen molar-refractivity contribution in [2.45, 2.75) is 19.0 Å². The predicted molar refractivity (Wildman–Crippen MR) is 163 cm³/mol. The fraction of sp³-hybridized carbons (Fsp3) is 0.300. The highest BCUT2D eigenvalue weighted by Gasteiger charge is 2.43. The molecule has 228 valence electrons. The molecule has 6 rings (SSSR count). The fourth-order valence-corrected chi connectivity index (χ4v) is 6.62. The Hall–Kier alpha value is -4.33. The molecule has 0 radical (unpaired) electrons. The third-order valence-electron chi connectivity index (χ3n) is 7.78. The van der Waals surface area contributed by atoms with E-state index in [9.17, 15) is 23.9 Å². The van der Waals surface area contributed by atoms with Crippen LogP contribution in [0.3, 0.4) is 0 Å². The van der Waals surface area contributed by atoms with Crippen LogP contribution < -0.4 is 10.2 Å². The number of aliphatic imine (C=N–C) groups is 1. The zero-order valence-corrected chi connectivity index (χ0v) is 25.1. The van der Waals surface area contributed by atoms with E-state index in [1.165, 1.54) is 34.4 Å². The Bertz CT molecular complexity index is 1680. The molecule has 0 bridgehead atoms. The molecule has 2 fully saturated rings. The summed E-state index contributed by atoms with van der Waals surface area (Å²) in [7, 11) is 0. The molecule has 2 amide bonds. The maximum Gasteiger partial charge on any atom is 0.338 e. The molecule has 44 heavy (non-hydrogen) atoms. The summed E-state index contributed by atoms with van der Waals surface area (Å²) in [6, 6.07) is 9.43. The molecule has 1 unspecified atom stereocenters. The fourth-order valence-electron chi connectivity index (χ4n) is 5.81. The number of halogens is 2. The maximum atomic E-state index is 14.6. The Morgan fingerprint density at radius 1 is 1.18 bits per heavy atom. The number of nitrogens with one attached hydrogen (secondary N) is 1. The highest BCUT2D eigenvalue weighted by Crippen LogP contribution is 2.38. The third-order valence-corrected chi connectivity index (χ3v) is 8.95. The summed E-state index contributed by atoms with van der Waals surface area (Å²) in [5.41, 5.74) is 1.46. The number of rotatable bonds is 8. The predicted octanol–water partition coefficient (Wildman–Crippen LogP) is 4.17. The number of nitrogens with zero attached hydrogens (tertiary/aromatic N) is 5. The average molecular weight is 639 g/mol. The molecule has 3 aromatic rings. The number of hydrogen-bond donors (Lipinski definition) is 2. The van der Waals surface area contributed by atoms with E-state index in [1.54, 1.807) is 47.7 Å². The minimum atomic E-state index is -1.10. The number of anilines is 1. The summed E-state index contributed by atoms with van der Waals surface area (Å²) in [6.07, 6.45) is 1.64. The largest absolute Gasteiger partial charge is 0.478 e. The van der Waals surface area contributed by atoms with Gasteiger partial charge in [-0.1, -0.05) is 35.9 Å². The summed E-state index contributed by atoms with van der Waals surface area (Å²) in [6.45, 7) is 3.77. The van der Waals surface area contributed by atoms with Crippen molar-refractivity contribution < 1.29 is 28.6 Å². The number of amides is 2. The Labute approximate surface area is 261 Å². The van der Waals surface area contributed by atoms with Crippen LogP contribution in [0.25, 0.3) is 0 Å². The molecule has 1 aromatic heterocycles. The lowest BCUT2D eigenvalue weighted by Gasteiger charge is -2.38. The van der Waals surface area contributed by atoms with Gasteiger partial charge in [-0.25, -0.2) is 23.8 Å². The van der Waals surface area contributed by atoms with Crippen LogP contribution in [-0.4, -0.2) is 89.1 Å². The van der Waals surface area contributed by atoms with E-state index in [4.69, 9.17) is 21.3 Å². The number of amidine groups is 1. The second-order valence-electron chi connectivity index (χ2n) is 10.4. The summed E-state index contributed by atoms with van der Waals surface area (Å²) in [5.74, 6) is -1.92. The third kappa shape index (κ3) is 5.53. The highest BCUT2D eigenvalue weighted by atomic mass is 35.5. The van der Waals surface area contributed by atoms with Crippen molar-refractivity contribution in [3.8, 4) is 0 Å². The van der Waals surface area contributed by atoms with Crippen LogP contribution in [0.5, 0.6) is 0 Å². The van der Waals surface area contributed by atoms with Gasteiger partial charge in [0.05, 0.1) is 34.5 Å². The van der Waals surface area contributed by atoms with Crippen molar-refractivity contribution >= 4 is 52.4 Å². The van der Waals surface area contributed by atoms with Crippen molar-refractivity contribution in [3.63, 3.8) is 0 Å². The molecule has 3 aliphatic rings. The Morgan fingerprint density at radius 3 is 2.75 bits per heavy atom. The molecule has 0 saturated carbocycles. The second kappa shape index (κ2) is 12.3. The Kier molecular flexibility index (Phi) is 8.34. The van der Waals surface area contributed by atoms with Crippen molar-refractivity contribution in [3.05, 3.63) is 92.3 Å². The first-order valence-corrected chi connectivity index (χ1v) is 15.2. The first kappa shape index (κ1) is 29.7. The van der Waals surface area contributed by atoms with E-state index in [1.807, 2.05) is 0 Å². The van der Waals surface area contributed by atoms with Gasteiger partial charge in [-0.15, -0.1) is 11.3 Å². The first-order valence-electron chi connectivity index (χ1n) is 14.0. The molecule has 2 aromatic carbocycles. The quantitative estimate of drug-likeness (QED) is 0.352. The molecule has 2 N–H and O–H groups in total. The number of para-hydroxylation sites is 1. The van der Waals surface area contributed by atoms with Gasteiger partial charge in [0, 0.05) is 55.6 Å². The van der Waals surface area contributed by atoms with Gasteiger partial charge in [0.25, 0.3) is 0 Å². The minimum Gasteiger partial charge on any atom is -0.478 e. The van der Waals surface area contributed by atoms with Crippen LogP contribution in [0.4, 0.5) is 14.9 Å². The summed E-state index contributed by atoms with van der Waals surface area (Å²) >= 11 is 7.77. The molecule has 14 heteroatoms. The van der Waals surface area contributed by atoms with Crippen molar-refractivity contribution in [1.82, 2.24) is 20.1 Å². The number of ether oxygens (including phenoxy) is 1. The van der Waals surface area contributed by atoms with Crippen LogP contribution in [0.1, 0.15) is 33.9 Å². The zero-order valence-electron chi connectivity index (χ0n) is 23.6. The van der Waals surface area contributed by atoms with E-state index in [0.717, 1.165) is 0 Å². The van der Waals surface area contributed by atoms with Crippen LogP contribution in [0, 0.1) is 5.82 Å². The second-order valence-corrected chi connectivity index (χ2v) is 11.7.